The van der Waals surface area contributed by atoms with Crippen molar-refractivity contribution in [3.63, 3.8) is 0 Å². The minimum Gasteiger partial charge on any atom is -0.300 e. The van der Waals surface area contributed by atoms with Crippen LogP contribution in [0, 0.1) is 5.41 Å². The minimum absolute atomic E-state index is 0.159. The molecular formula is C11H18ClN3OS. The Balaban J connectivity index is 2.54. The first kappa shape index (κ1) is 14.4. The molecule has 0 spiro atoms. The first-order valence-corrected chi connectivity index (χ1v) is 6.48. The summed E-state index contributed by atoms with van der Waals surface area (Å²) in [6.45, 7) is 5.14. The van der Waals surface area contributed by atoms with Crippen molar-refractivity contribution in [2.24, 2.45) is 11.3 Å². The van der Waals surface area contributed by atoms with E-state index >= 15 is 0 Å². The van der Waals surface area contributed by atoms with Crippen molar-refractivity contribution in [1.82, 2.24) is 10.3 Å². The highest BCUT2D eigenvalue weighted by Gasteiger charge is 2.28. The van der Waals surface area contributed by atoms with Gasteiger partial charge in [0.25, 0.3) is 0 Å². The average molecular weight is 276 g/mol. The zero-order valence-corrected chi connectivity index (χ0v) is 11.9. The van der Waals surface area contributed by atoms with Gasteiger partial charge >= 0.3 is 0 Å². The Bertz CT molecular complexity index is 392. The largest absolute Gasteiger partial charge is 0.300 e. The Labute approximate surface area is 111 Å². The van der Waals surface area contributed by atoms with Crippen molar-refractivity contribution < 1.29 is 4.79 Å². The molecule has 0 unspecified atom stereocenters. The summed E-state index contributed by atoms with van der Waals surface area (Å²) in [4.78, 5) is 14.8. The monoisotopic (exact) mass is 275 g/mol. The number of nitrogens with zero attached hydrogens (tertiary/aromatic N) is 1. The summed E-state index contributed by atoms with van der Waals surface area (Å²) in [6.07, 6.45) is 0. The van der Waals surface area contributed by atoms with Gasteiger partial charge in [-0.2, -0.15) is 0 Å². The summed E-state index contributed by atoms with van der Waals surface area (Å²) in [5.41, 5.74) is 1.69. The van der Waals surface area contributed by atoms with Crippen LogP contribution in [0.2, 0.25) is 4.34 Å². The first-order valence-electron chi connectivity index (χ1n) is 5.29. The van der Waals surface area contributed by atoms with Gasteiger partial charge in [-0.1, -0.05) is 11.6 Å². The lowest BCUT2D eigenvalue weighted by Gasteiger charge is -2.28. The molecule has 4 nitrogen and oxygen atoms in total. The van der Waals surface area contributed by atoms with Crippen molar-refractivity contribution in [2.45, 2.75) is 20.4 Å². The number of amides is 1. The number of nitrogens with two attached hydrogens (primary N) is 1. The van der Waals surface area contributed by atoms with Crippen LogP contribution in [0.5, 0.6) is 0 Å². The van der Waals surface area contributed by atoms with Gasteiger partial charge in [0.1, 0.15) is 0 Å². The van der Waals surface area contributed by atoms with Gasteiger partial charge in [0.15, 0.2) is 0 Å². The summed E-state index contributed by atoms with van der Waals surface area (Å²) in [5, 5.41) is 0. The number of halogens is 1. The SMILES string of the molecule is CN(Cc1ccc(Cl)s1)CC(C)(C)C(=O)NN. The summed E-state index contributed by atoms with van der Waals surface area (Å²) >= 11 is 7.42. The van der Waals surface area contributed by atoms with Crippen molar-refractivity contribution in [2.75, 3.05) is 13.6 Å². The quantitative estimate of drug-likeness (QED) is 0.490. The van der Waals surface area contributed by atoms with Crippen molar-refractivity contribution in [3.8, 4) is 0 Å². The minimum atomic E-state index is -0.509. The molecule has 96 valence electrons. The van der Waals surface area contributed by atoms with Crippen LogP contribution in [0.3, 0.4) is 0 Å². The molecule has 1 aromatic heterocycles. The molecule has 17 heavy (non-hydrogen) atoms. The van der Waals surface area contributed by atoms with Gasteiger partial charge in [-0.05, 0) is 33.0 Å². The van der Waals surface area contributed by atoms with E-state index in [0.29, 0.717) is 6.54 Å². The molecule has 0 radical (unpaired) electrons. The lowest BCUT2D eigenvalue weighted by Crippen LogP contribution is -2.46. The van der Waals surface area contributed by atoms with E-state index in [1.165, 1.54) is 4.88 Å². The van der Waals surface area contributed by atoms with Gasteiger partial charge in [0, 0.05) is 18.0 Å². The molecule has 6 heteroatoms. The van der Waals surface area contributed by atoms with Gasteiger partial charge in [0.2, 0.25) is 5.91 Å². The van der Waals surface area contributed by atoms with Crippen molar-refractivity contribution in [1.29, 1.82) is 0 Å². The molecule has 0 saturated heterocycles. The van der Waals surface area contributed by atoms with E-state index in [4.69, 9.17) is 17.4 Å². The number of carbonyl (C=O) groups is 1. The molecule has 1 heterocycles. The normalized spacial score (nSPS) is 11.9. The van der Waals surface area contributed by atoms with Crippen LogP contribution in [-0.2, 0) is 11.3 Å². The van der Waals surface area contributed by atoms with E-state index in [-0.39, 0.29) is 5.91 Å². The fraction of sp³-hybridized carbons (Fsp3) is 0.545. The van der Waals surface area contributed by atoms with Gasteiger partial charge in [-0.25, -0.2) is 5.84 Å². The van der Waals surface area contributed by atoms with E-state index in [2.05, 4.69) is 10.3 Å². The Morgan fingerprint density at radius 1 is 1.59 bits per heavy atom. The number of nitrogens with one attached hydrogen (secondary N) is 1. The van der Waals surface area contributed by atoms with Gasteiger partial charge < -0.3 is 4.90 Å². The van der Waals surface area contributed by atoms with E-state index in [0.717, 1.165) is 10.9 Å². The number of thiophene rings is 1. The topological polar surface area (TPSA) is 58.4 Å². The van der Waals surface area contributed by atoms with Crippen LogP contribution in [0.25, 0.3) is 0 Å². The summed E-state index contributed by atoms with van der Waals surface area (Å²) in [5.74, 6) is 5.00. The molecule has 1 aromatic rings. The second kappa shape index (κ2) is 5.82. The number of hydrogen-bond donors (Lipinski definition) is 2. The Morgan fingerprint density at radius 2 is 2.24 bits per heavy atom. The van der Waals surface area contributed by atoms with Crippen LogP contribution >= 0.6 is 22.9 Å². The van der Waals surface area contributed by atoms with Gasteiger partial charge in [0.05, 0.1) is 9.75 Å². The summed E-state index contributed by atoms with van der Waals surface area (Å²) in [6, 6.07) is 3.88. The van der Waals surface area contributed by atoms with Crippen LogP contribution in [-0.4, -0.2) is 24.4 Å². The zero-order chi connectivity index (χ0) is 13.1. The average Bonchev–Trinajstić information content (AvgIpc) is 2.61. The highest BCUT2D eigenvalue weighted by molar-refractivity contribution is 7.16. The molecule has 0 atom stereocenters. The summed E-state index contributed by atoms with van der Waals surface area (Å²) in [7, 11) is 1.97. The van der Waals surface area contributed by atoms with E-state index in [1.807, 2.05) is 33.0 Å². The molecule has 3 N–H and O–H groups in total. The molecule has 1 rings (SSSR count). The van der Waals surface area contributed by atoms with Gasteiger partial charge in [-0.15, -0.1) is 11.3 Å². The third kappa shape index (κ3) is 4.27. The van der Waals surface area contributed by atoms with Crippen molar-refractivity contribution >= 4 is 28.8 Å². The van der Waals surface area contributed by atoms with E-state index in [9.17, 15) is 4.79 Å². The molecular weight excluding hydrogens is 258 g/mol. The Hall–Kier alpha value is -0.620. The summed E-state index contributed by atoms with van der Waals surface area (Å²) < 4.78 is 0.785. The third-order valence-electron chi connectivity index (χ3n) is 2.47. The van der Waals surface area contributed by atoms with Gasteiger partial charge in [-0.3, -0.25) is 10.2 Å². The number of carbonyl (C=O) groups excluding carboxylic acids is 1. The Kier molecular flexibility index (Phi) is 4.94. The molecule has 0 aliphatic heterocycles. The van der Waals surface area contributed by atoms with Crippen LogP contribution in [0.1, 0.15) is 18.7 Å². The van der Waals surface area contributed by atoms with Crippen LogP contribution in [0.15, 0.2) is 12.1 Å². The fourth-order valence-electron chi connectivity index (χ4n) is 1.70. The molecule has 0 fully saturated rings. The second-order valence-corrected chi connectivity index (χ2v) is 6.54. The lowest BCUT2D eigenvalue weighted by molar-refractivity contribution is -0.130. The maximum absolute atomic E-state index is 11.5. The fourth-order valence-corrected chi connectivity index (χ4v) is 2.87. The Morgan fingerprint density at radius 3 is 2.71 bits per heavy atom. The molecule has 0 aliphatic carbocycles. The maximum atomic E-state index is 11.5. The highest BCUT2D eigenvalue weighted by Crippen LogP contribution is 2.24. The third-order valence-corrected chi connectivity index (χ3v) is 3.68. The van der Waals surface area contributed by atoms with Crippen LogP contribution < -0.4 is 11.3 Å². The molecule has 0 aromatic carbocycles. The maximum Gasteiger partial charge on any atom is 0.240 e. The smallest absolute Gasteiger partial charge is 0.240 e. The first-order chi connectivity index (χ1) is 7.85. The molecule has 1 amide bonds. The van der Waals surface area contributed by atoms with E-state index < -0.39 is 5.41 Å². The second-order valence-electron chi connectivity index (χ2n) is 4.74. The number of hydrogen-bond acceptors (Lipinski definition) is 4. The number of rotatable bonds is 5. The standard InChI is InChI=1S/C11H18ClN3OS/c1-11(2,10(16)14-13)7-15(3)6-8-4-5-9(12)17-8/h4-5H,6-7,13H2,1-3H3,(H,14,16). The van der Waals surface area contributed by atoms with E-state index in [1.54, 1.807) is 11.3 Å². The molecule has 0 aliphatic rings. The number of hydrazine groups is 1. The van der Waals surface area contributed by atoms with Crippen molar-refractivity contribution in [3.05, 3.63) is 21.3 Å². The molecule has 0 bridgehead atoms. The predicted octanol–water partition coefficient (Wildman–Crippen LogP) is 1.85. The predicted molar refractivity (Wildman–Crippen MR) is 71.8 cm³/mol. The van der Waals surface area contributed by atoms with Crippen LogP contribution in [0.4, 0.5) is 0 Å². The lowest BCUT2D eigenvalue weighted by atomic mass is 9.92. The zero-order valence-electron chi connectivity index (χ0n) is 10.3. The molecule has 0 saturated carbocycles. The highest BCUT2D eigenvalue weighted by atomic mass is 35.5.